The fraction of sp³-hybridized carbons (Fsp3) is 0.500. The minimum Gasteiger partial charge on any atom is -0.493 e. The van der Waals surface area contributed by atoms with E-state index in [0.29, 0.717) is 31.7 Å². The second kappa shape index (κ2) is 14.0. The van der Waals surface area contributed by atoms with E-state index in [2.05, 4.69) is 15.6 Å². The number of nitrogens with zero attached hydrogens (tertiary/aromatic N) is 2. The van der Waals surface area contributed by atoms with Crippen molar-refractivity contribution in [2.75, 3.05) is 40.4 Å². The van der Waals surface area contributed by atoms with Crippen LogP contribution in [0.4, 0.5) is 0 Å². The standard InChI is InChI=1S/C24H34N4O4.HI/c1-4-25-24(27-12-9-20-7-6-14-32-20)26-11-5-8-23(29)28-13-10-18-15-21(30-2)22(31-3)16-19(18)17-28;/h6-7,14-16H,4-5,8-13,17H2,1-3H3,(H2,25,26,27);1H. The van der Waals surface area contributed by atoms with Crippen LogP contribution in [0.2, 0.25) is 0 Å². The van der Waals surface area contributed by atoms with E-state index in [1.54, 1.807) is 20.5 Å². The van der Waals surface area contributed by atoms with Gasteiger partial charge in [0.15, 0.2) is 17.5 Å². The van der Waals surface area contributed by atoms with Crippen LogP contribution in [-0.4, -0.2) is 57.2 Å². The number of amides is 1. The summed E-state index contributed by atoms with van der Waals surface area (Å²) in [6, 6.07) is 7.85. The lowest BCUT2D eigenvalue weighted by atomic mass is 9.98. The topological polar surface area (TPSA) is 88.3 Å². The van der Waals surface area contributed by atoms with Gasteiger partial charge in [-0.3, -0.25) is 9.79 Å². The van der Waals surface area contributed by atoms with Crippen molar-refractivity contribution < 1.29 is 18.7 Å². The van der Waals surface area contributed by atoms with Crippen LogP contribution in [-0.2, 0) is 24.2 Å². The van der Waals surface area contributed by atoms with E-state index < -0.39 is 0 Å². The third-order valence-electron chi connectivity index (χ3n) is 5.48. The quantitative estimate of drug-likeness (QED) is 0.197. The maximum Gasteiger partial charge on any atom is 0.222 e. The highest BCUT2D eigenvalue weighted by molar-refractivity contribution is 14.0. The molecule has 0 atom stereocenters. The van der Waals surface area contributed by atoms with Crippen LogP contribution in [0.15, 0.2) is 39.9 Å². The Balaban J connectivity index is 0.00000385. The van der Waals surface area contributed by atoms with E-state index in [9.17, 15) is 4.79 Å². The lowest BCUT2D eigenvalue weighted by Gasteiger charge is -2.29. The molecule has 0 unspecified atom stereocenters. The number of ether oxygens (including phenoxy) is 2. The molecule has 8 nitrogen and oxygen atoms in total. The van der Waals surface area contributed by atoms with Crippen molar-refractivity contribution in [1.29, 1.82) is 0 Å². The molecule has 2 N–H and O–H groups in total. The number of methoxy groups -OCH3 is 2. The average Bonchev–Trinajstić information content (AvgIpc) is 3.33. The summed E-state index contributed by atoms with van der Waals surface area (Å²) in [5, 5.41) is 6.54. The number of hydrogen-bond donors (Lipinski definition) is 2. The van der Waals surface area contributed by atoms with Gasteiger partial charge in [-0.05, 0) is 55.2 Å². The molecule has 3 rings (SSSR count). The van der Waals surface area contributed by atoms with Gasteiger partial charge in [0.2, 0.25) is 5.91 Å². The van der Waals surface area contributed by atoms with E-state index >= 15 is 0 Å². The van der Waals surface area contributed by atoms with Gasteiger partial charge in [-0.15, -0.1) is 24.0 Å². The monoisotopic (exact) mass is 570 g/mol. The molecule has 1 amide bonds. The normalized spacial score (nSPS) is 13.1. The molecule has 0 saturated carbocycles. The molecule has 0 saturated heterocycles. The number of carbonyl (C=O) groups is 1. The SMILES string of the molecule is CCNC(=NCCCC(=O)N1CCc2cc(OC)c(OC)cc2C1)NCCc1ccco1.I. The van der Waals surface area contributed by atoms with Crippen LogP contribution in [0.3, 0.4) is 0 Å². The highest BCUT2D eigenvalue weighted by Gasteiger charge is 2.22. The number of rotatable bonds is 10. The van der Waals surface area contributed by atoms with Gasteiger partial charge in [-0.1, -0.05) is 0 Å². The molecule has 33 heavy (non-hydrogen) atoms. The summed E-state index contributed by atoms with van der Waals surface area (Å²) in [6.07, 6.45) is 4.49. The summed E-state index contributed by atoms with van der Waals surface area (Å²) in [4.78, 5) is 19.3. The van der Waals surface area contributed by atoms with Gasteiger partial charge in [0.25, 0.3) is 0 Å². The molecule has 2 heterocycles. The highest BCUT2D eigenvalue weighted by atomic mass is 127. The molecule has 1 aromatic heterocycles. The fourth-order valence-electron chi connectivity index (χ4n) is 3.78. The maximum absolute atomic E-state index is 12.7. The Labute approximate surface area is 213 Å². The van der Waals surface area contributed by atoms with Crippen molar-refractivity contribution in [3.05, 3.63) is 47.4 Å². The molecule has 1 aromatic carbocycles. The molecule has 9 heteroatoms. The Kier molecular flexibility index (Phi) is 11.4. The van der Waals surface area contributed by atoms with E-state index in [1.165, 1.54) is 5.56 Å². The van der Waals surface area contributed by atoms with Gasteiger partial charge in [0.05, 0.1) is 20.5 Å². The van der Waals surface area contributed by atoms with Crippen LogP contribution >= 0.6 is 24.0 Å². The minimum atomic E-state index is 0. The fourth-order valence-corrected chi connectivity index (χ4v) is 3.78. The first-order valence-corrected chi connectivity index (χ1v) is 11.2. The van der Waals surface area contributed by atoms with Crippen LogP contribution < -0.4 is 20.1 Å². The minimum absolute atomic E-state index is 0. The first kappa shape index (κ1) is 26.8. The van der Waals surface area contributed by atoms with Gasteiger partial charge in [0, 0.05) is 45.6 Å². The van der Waals surface area contributed by atoms with Crippen molar-refractivity contribution in [1.82, 2.24) is 15.5 Å². The third-order valence-corrected chi connectivity index (χ3v) is 5.48. The van der Waals surface area contributed by atoms with Crippen molar-refractivity contribution in [2.24, 2.45) is 4.99 Å². The summed E-state index contributed by atoms with van der Waals surface area (Å²) in [5.74, 6) is 3.30. The maximum atomic E-state index is 12.7. The number of carbonyl (C=O) groups excluding carboxylic acids is 1. The van der Waals surface area contributed by atoms with Gasteiger partial charge in [-0.25, -0.2) is 0 Å². The zero-order chi connectivity index (χ0) is 22.8. The molecule has 0 aliphatic carbocycles. The molecule has 0 fully saturated rings. The second-order valence-electron chi connectivity index (χ2n) is 7.66. The van der Waals surface area contributed by atoms with Gasteiger partial charge < -0.3 is 29.4 Å². The number of fused-ring (bicyclic) bond motifs is 1. The van der Waals surface area contributed by atoms with Crippen molar-refractivity contribution in [3.63, 3.8) is 0 Å². The Morgan fingerprint density at radius 3 is 2.61 bits per heavy atom. The second-order valence-corrected chi connectivity index (χ2v) is 7.66. The van der Waals surface area contributed by atoms with Crippen LogP contribution in [0.1, 0.15) is 36.7 Å². The Morgan fingerprint density at radius 2 is 1.94 bits per heavy atom. The molecule has 0 spiro atoms. The molecule has 1 aliphatic rings. The molecular formula is C24H35IN4O4. The smallest absolute Gasteiger partial charge is 0.222 e. The number of guanidine groups is 1. The molecular weight excluding hydrogens is 535 g/mol. The summed E-state index contributed by atoms with van der Waals surface area (Å²) in [5.41, 5.74) is 2.34. The molecule has 1 aliphatic heterocycles. The predicted octanol–water partition coefficient (Wildman–Crippen LogP) is 3.38. The highest BCUT2D eigenvalue weighted by Crippen LogP contribution is 2.33. The van der Waals surface area contributed by atoms with E-state index in [0.717, 1.165) is 55.5 Å². The lowest BCUT2D eigenvalue weighted by Crippen LogP contribution is -2.38. The lowest BCUT2D eigenvalue weighted by molar-refractivity contribution is -0.132. The number of hydrogen-bond acceptors (Lipinski definition) is 5. The van der Waals surface area contributed by atoms with Crippen molar-refractivity contribution in [2.45, 2.75) is 39.2 Å². The van der Waals surface area contributed by atoms with Crippen LogP contribution in [0.25, 0.3) is 0 Å². The van der Waals surface area contributed by atoms with Gasteiger partial charge in [-0.2, -0.15) is 0 Å². The largest absolute Gasteiger partial charge is 0.493 e. The zero-order valence-electron chi connectivity index (χ0n) is 19.7. The molecule has 2 aromatic rings. The number of aliphatic imine (C=N–C) groups is 1. The van der Waals surface area contributed by atoms with Crippen molar-refractivity contribution in [3.8, 4) is 11.5 Å². The molecule has 0 bridgehead atoms. The van der Waals surface area contributed by atoms with E-state index in [4.69, 9.17) is 13.9 Å². The van der Waals surface area contributed by atoms with Gasteiger partial charge >= 0.3 is 0 Å². The Bertz CT molecular complexity index is 902. The van der Waals surface area contributed by atoms with Crippen LogP contribution in [0, 0.1) is 0 Å². The average molecular weight is 570 g/mol. The third kappa shape index (κ3) is 7.83. The first-order valence-electron chi connectivity index (χ1n) is 11.2. The van der Waals surface area contributed by atoms with Crippen LogP contribution in [0.5, 0.6) is 11.5 Å². The Morgan fingerprint density at radius 1 is 1.18 bits per heavy atom. The van der Waals surface area contributed by atoms with Gasteiger partial charge in [0.1, 0.15) is 5.76 Å². The number of halogens is 1. The zero-order valence-corrected chi connectivity index (χ0v) is 22.0. The molecule has 182 valence electrons. The van der Waals surface area contributed by atoms with Crippen molar-refractivity contribution >= 4 is 35.8 Å². The Hall–Kier alpha value is -2.43. The summed E-state index contributed by atoms with van der Waals surface area (Å²) < 4.78 is 16.1. The summed E-state index contributed by atoms with van der Waals surface area (Å²) in [6.45, 7) is 5.48. The van der Waals surface area contributed by atoms with E-state index in [-0.39, 0.29) is 29.9 Å². The number of furan rings is 1. The number of benzene rings is 1. The molecule has 0 radical (unpaired) electrons. The summed E-state index contributed by atoms with van der Waals surface area (Å²) >= 11 is 0. The predicted molar refractivity (Wildman–Crippen MR) is 140 cm³/mol. The first-order chi connectivity index (χ1) is 15.6. The summed E-state index contributed by atoms with van der Waals surface area (Å²) in [7, 11) is 3.27. The number of nitrogens with one attached hydrogen (secondary N) is 2. The van der Waals surface area contributed by atoms with E-state index in [1.807, 2.05) is 36.1 Å².